The summed E-state index contributed by atoms with van der Waals surface area (Å²) in [5.74, 6) is -0.431. The van der Waals surface area contributed by atoms with Gasteiger partial charge in [0.1, 0.15) is 0 Å². The smallest absolute Gasteiger partial charge is 0.338 e. The Morgan fingerprint density at radius 2 is 1.96 bits per heavy atom. The molecule has 0 spiro atoms. The molecule has 5 nitrogen and oxygen atoms in total. The first kappa shape index (κ1) is 19.3. The lowest BCUT2D eigenvalue weighted by Gasteiger charge is -2.06. The number of hydrogen-bond acceptors (Lipinski definition) is 6. The van der Waals surface area contributed by atoms with Gasteiger partial charge in [-0.15, -0.1) is 22.7 Å². The van der Waals surface area contributed by atoms with Gasteiger partial charge in [-0.25, -0.2) is 9.78 Å². The molecule has 0 atom stereocenters. The van der Waals surface area contributed by atoms with E-state index < -0.39 is 0 Å². The molecular weight excluding hydrogens is 380 g/mol. The van der Waals surface area contributed by atoms with Crippen molar-refractivity contribution in [1.29, 1.82) is 0 Å². The lowest BCUT2D eigenvalue weighted by atomic mass is 10.2. The molecule has 3 rings (SSSR count). The maximum Gasteiger partial charge on any atom is 0.338 e. The van der Waals surface area contributed by atoms with E-state index in [9.17, 15) is 9.59 Å². The van der Waals surface area contributed by atoms with Crippen molar-refractivity contribution >= 4 is 40.2 Å². The second-order valence-corrected chi connectivity index (χ2v) is 8.06. The van der Waals surface area contributed by atoms with Crippen LogP contribution in [0.4, 0.5) is 5.69 Å². The van der Waals surface area contributed by atoms with E-state index in [2.05, 4.69) is 10.3 Å². The van der Waals surface area contributed by atoms with Crippen LogP contribution in [-0.4, -0.2) is 23.5 Å². The average molecular weight is 401 g/mol. The fourth-order valence-electron chi connectivity index (χ4n) is 2.60. The third kappa shape index (κ3) is 5.02. The maximum absolute atomic E-state index is 12.3. The Hall–Kier alpha value is -2.51. The third-order valence-electron chi connectivity index (χ3n) is 3.82. The third-order valence-corrected chi connectivity index (χ3v) is 5.72. The molecule has 0 aliphatic heterocycles. The molecule has 2 heterocycles. The molecule has 140 valence electrons. The molecule has 0 aliphatic rings. The van der Waals surface area contributed by atoms with Crippen LogP contribution in [0.25, 0.3) is 10.6 Å². The zero-order chi connectivity index (χ0) is 19.2. The van der Waals surface area contributed by atoms with Gasteiger partial charge in [0.05, 0.1) is 27.7 Å². The number of anilines is 1. The highest BCUT2D eigenvalue weighted by molar-refractivity contribution is 7.15. The summed E-state index contributed by atoms with van der Waals surface area (Å²) in [6.45, 7) is 4.08. The standard InChI is InChI=1S/C20H20N2O3S2/c1-3-25-20(24)14-6-8-15(9-7-14)22-18(23)11-10-17-19(21-13(2)27-17)16-5-4-12-26-16/h4-9,12H,3,10-11H2,1-2H3,(H,22,23). The summed E-state index contributed by atoms with van der Waals surface area (Å²) >= 11 is 3.29. The van der Waals surface area contributed by atoms with Crippen LogP contribution in [0, 0.1) is 6.92 Å². The number of thiophene rings is 1. The number of esters is 1. The van der Waals surface area contributed by atoms with E-state index >= 15 is 0 Å². The molecule has 0 saturated carbocycles. The molecule has 0 aliphatic carbocycles. The van der Waals surface area contributed by atoms with Gasteiger partial charge in [-0.2, -0.15) is 0 Å². The number of carbonyl (C=O) groups excluding carboxylic acids is 2. The molecule has 0 fully saturated rings. The first-order valence-electron chi connectivity index (χ1n) is 8.64. The van der Waals surface area contributed by atoms with E-state index in [1.54, 1.807) is 53.9 Å². The zero-order valence-corrected chi connectivity index (χ0v) is 16.8. The highest BCUT2D eigenvalue weighted by atomic mass is 32.1. The molecule has 0 saturated heterocycles. The number of nitrogens with zero attached hydrogens (tertiary/aromatic N) is 1. The van der Waals surface area contributed by atoms with Gasteiger partial charge < -0.3 is 10.1 Å². The summed E-state index contributed by atoms with van der Waals surface area (Å²) in [4.78, 5) is 30.8. The average Bonchev–Trinajstić information content (AvgIpc) is 3.30. The van der Waals surface area contributed by atoms with Gasteiger partial charge in [-0.1, -0.05) is 6.07 Å². The van der Waals surface area contributed by atoms with E-state index in [0.717, 1.165) is 20.5 Å². The van der Waals surface area contributed by atoms with Crippen LogP contribution in [0.5, 0.6) is 0 Å². The summed E-state index contributed by atoms with van der Waals surface area (Å²) in [5, 5.41) is 5.90. The minimum absolute atomic E-state index is 0.0675. The van der Waals surface area contributed by atoms with Crippen LogP contribution in [0.3, 0.4) is 0 Å². The SMILES string of the molecule is CCOC(=O)c1ccc(NC(=O)CCc2sc(C)nc2-c2cccs2)cc1. The van der Waals surface area contributed by atoms with Crippen LogP contribution in [0.15, 0.2) is 41.8 Å². The van der Waals surface area contributed by atoms with Crippen molar-refractivity contribution in [3.63, 3.8) is 0 Å². The largest absolute Gasteiger partial charge is 0.462 e. The normalized spacial score (nSPS) is 10.6. The fraction of sp³-hybridized carbons (Fsp3) is 0.250. The number of ether oxygens (including phenoxy) is 1. The van der Waals surface area contributed by atoms with Crippen molar-refractivity contribution in [3.05, 3.63) is 57.2 Å². The number of nitrogens with one attached hydrogen (secondary N) is 1. The predicted octanol–water partition coefficient (Wildman–Crippen LogP) is 4.93. The van der Waals surface area contributed by atoms with Gasteiger partial charge >= 0.3 is 5.97 Å². The second kappa shape index (κ2) is 8.92. The van der Waals surface area contributed by atoms with Crippen LogP contribution >= 0.6 is 22.7 Å². The molecule has 1 aromatic carbocycles. The summed E-state index contributed by atoms with van der Waals surface area (Å²) in [6, 6.07) is 10.8. The van der Waals surface area contributed by atoms with Crippen LogP contribution in [0.1, 0.15) is 33.6 Å². The van der Waals surface area contributed by atoms with Crippen molar-refractivity contribution in [2.24, 2.45) is 0 Å². The van der Waals surface area contributed by atoms with Gasteiger partial charge in [0.25, 0.3) is 0 Å². The fourth-order valence-corrected chi connectivity index (χ4v) is 4.35. The molecule has 7 heteroatoms. The summed E-state index contributed by atoms with van der Waals surface area (Å²) in [6.07, 6.45) is 1.02. The van der Waals surface area contributed by atoms with Gasteiger partial charge in [-0.05, 0) is 56.0 Å². The first-order chi connectivity index (χ1) is 13.1. The highest BCUT2D eigenvalue weighted by Crippen LogP contribution is 2.32. The molecule has 1 amide bonds. The minimum Gasteiger partial charge on any atom is -0.462 e. The van der Waals surface area contributed by atoms with Crippen LogP contribution in [-0.2, 0) is 16.0 Å². The van der Waals surface area contributed by atoms with Crippen molar-refractivity contribution in [1.82, 2.24) is 4.98 Å². The number of amides is 1. The van der Waals surface area contributed by atoms with E-state index in [-0.39, 0.29) is 11.9 Å². The van der Waals surface area contributed by atoms with E-state index in [1.165, 1.54) is 0 Å². The number of aromatic nitrogens is 1. The number of benzene rings is 1. The second-order valence-electron chi connectivity index (χ2n) is 5.83. The van der Waals surface area contributed by atoms with Gasteiger partial charge in [0.15, 0.2) is 0 Å². The summed E-state index contributed by atoms with van der Waals surface area (Å²) in [5.41, 5.74) is 2.11. The van der Waals surface area contributed by atoms with Crippen molar-refractivity contribution in [3.8, 4) is 10.6 Å². The molecule has 0 bridgehead atoms. The lowest BCUT2D eigenvalue weighted by molar-refractivity contribution is -0.116. The Balaban J connectivity index is 1.58. The lowest BCUT2D eigenvalue weighted by Crippen LogP contribution is -2.12. The van der Waals surface area contributed by atoms with Crippen LogP contribution in [0.2, 0.25) is 0 Å². The monoisotopic (exact) mass is 400 g/mol. The Morgan fingerprint density at radius 3 is 2.63 bits per heavy atom. The zero-order valence-electron chi connectivity index (χ0n) is 15.2. The number of thiazole rings is 1. The maximum atomic E-state index is 12.3. The Bertz CT molecular complexity index is 915. The van der Waals surface area contributed by atoms with Crippen molar-refractivity contribution < 1.29 is 14.3 Å². The van der Waals surface area contributed by atoms with E-state index in [4.69, 9.17) is 4.74 Å². The molecule has 1 N–H and O–H groups in total. The quantitative estimate of drug-likeness (QED) is 0.571. The Kier molecular flexibility index (Phi) is 6.36. The number of hydrogen-bond donors (Lipinski definition) is 1. The number of carbonyl (C=O) groups is 2. The summed E-state index contributed by atoms with van der Waals surface area (Å²) in [7, 11) is 0. The van der Waals surface area contributed by atoms with Crippen molar-refractivity contribution in [2.75, 3.05) is 11.9 Å². The van der Waals surface area contributed by atoms with E-state index in [0.29, 0.717) is 30.7 Å². The van der Waals surface area contributed by atoms with Crippen LogP contribution < -0.4 is 5.32 Å². The minimum atomic E-state index is -0.364. The van der Waals surface area contributed by atoms with Crippen molar-refractivity contribution in [2.45, 2.75) is 26.7 Å². The van der Waals surface area contributed by atoms with Gasteiger partial charge in [0.2, 0.25) is 5.91 Å². The Morgan fingerprint density at radius 1 is 1.19 bits per heavy atom. The molecule has 27 heavy (non-hydrogen) atoms. The number of aryl methyl sites for hydroxylation is 2. The predicted molar refractivity (Wildman–Crippen MR) is 110 cm³/mol. The topological polar surface area (TPSA) is 68.3 Å². The Labute approximate surface area is 166 Å². The summed E-state index contributed by atoms with van der Waals surface area (Å²) < 4.78 is 4.95. The molecule has 2 aromatic heterocycles. The van der Waals surface area contributed by atoms with Gasteiger partial charge in [-0.3, -0.25) is 4.79 Å². The van der Waals surface area contributed by atoms with Gasteiger partial charge in [0, 0.05) is 17.0 Å². The van der Waals surface area contributed by atoms with E-state index in [1.807, 2.05) is 24.4 Å². The number of rotatable bonds is 7. The molecule has 0 radical (unpaired) electrons. The molecular formula is C20H20N2O3S2. The molecule has 3 aromatic rings. The highest BCUT2D eigenvalue weighted by Gasteiger charge is 2.14. The first-order valence-corrected chi connectivity index (χ1v) is 10.3. The molecule has 0 unspecified atom stereocenters.